The summed E-state index contributed by atoms with van der Waals surface area (Å²) >= 11 is 0. The number of hydrogen-bond donors (Lipinski definition) is 1. The topological polar surface area (TPSA) is 77.9 Å². The van der Waals surface area contributed by atoms with Crippen LogP contribution < -0.4 is 10.6 Å². The molecule has 0 aliphatic carbocycles. The lowest BCUT2D eigenvalue weighted by Gasteiger charge is -2.42. The van der Waals surface area contributed by atoms with E-state index in [0.717, 1.165) is 38.4 Å². The number of nitriles is 1. The third-order valence-corrected chi connectivity index (χ3v) is 6.12. The lowest BCUT2D eigenvalue weighted by atomic mass is 9.74. The van der Waals surface area contributed by atoms with Crippen molar-refractivity contribution in [3.8, 4) is 6.07 Å². The van der Waals surface area contributed by atoms with Crippen LogP contribution in [0.25, 0.3) is 0 Å². The first-order valence-corrected chi connectivity index (χ1v) is 10.0. The number of aliphatic imine (C=N–C) groups is 1. The molecule has 2 aliphatic rings. The summed E-state index contributed by atoms with van der Waals surface area (Å²) in [5.41, 5.74) is 9.76. The molecule has 0 bridgehead atoms. The fraction of sp³-hybridized carbons (Fsp3) is 0.391. The number of benzene rings is 2. The molecule has 29 heavy (non-hydrogen) atoms. The Bertz CT molecular complexity index is 942. The third-order valence-electron chi connectivity index (χ3n) is 6.12. The number of hydrogen-bond acceptors (Lipinski definition) is 6. The molecule has 150 valence electrons. The predicted octanol–water partition coefficient (Wildman–Crippen LogP) is 2.65. The van der Waals surface area contributed by atoms with Crippen LogP contribution in [0.3, 0.4) is 0 Å². The lowest BCUT2D eigenvalue weighted by molar-refractivity contribution is 0.122. The number of nitrogens with zero attached hydrogens (tertiary/aromatic N) is 4. The Morgan fingerprint density at radius 3 is 2.59 bits per heavy atom. The van der Waals surface area contributed by atoms with Crippen molar-refractivity contribution in [2.45, 2.75) is 18.4 Å². The van der Waals surface area contributed by atoms with Crippen LogP contribution in [0, 0.1) is 11.3 Å². The van der Waals surface area contributed by atoms with Gasteiger partial charge in [-0.1, -0.05) is 24.3 Å². The summed E-state index contributed by atoms with van der Waals surface area (Å²) in [7, 11) is 1.97. The average Bonchev–Trinajstić information content (AvgIpc) is 2.77. The fourth-order valence-corrected chi connectivity index (χ4v) is 4.28. The van der Waals surface area contributed by atoms with Gasteiger partial charge in [0.05, 0.1) is 30.4 Å². The molecular formula is C23H27N5O. The van der Waals surface area contributed by atoms with E-state index in [1.807, 2.05) is 36.2 Å². The van der Waals surface area contributed by atoms with Crippen molar-refractivity contribution in [1.82, 2.24) is 4.90 Å². The monoisotopic (exact) mass is 389 g/mol. The van der Waals surface area contributed by atoms with Crippen LogP contribution in [0.1, 0.15) is 29.5 Å². The van der Waals surface area contributed by atoms with E-state index < -0.39 is 5.54 Å². The molecule has 0 unspecified atom stereocenters. The minimum Gasteiger partial charge on any atom is -0.378 e. The second kappa shape index (κ2) is 7.76. The number of anilines is 1. The summed E-state index contributed by atoms with van der Waals surface area (Å²) in [5.74, 6) is 0.642. The highest BCUT2D eigenvalue weighted by molar-refractivity contribution is 5.79. The predicted molar refractivity (Wildman–Crippen MR) is 115 cm³/mol. The quantitative estimate of drug-likeness (QED) is 0.873. The van der Waals surface area contributed by atoms with Crippen molar-refractivity contribution in [2.24, 2.45) is 10.7 Å². The van der Waals surface area contributed by atoms with Crippen LogP contribution in [0.15, 0.2) is 53.5 Å². The zero-order valence-corrected chi connectivity index (χ0v) is 17.0. The molecule has 0 radical (unpaired) electrons. The minimum absolute atomic E-state index is 0.118. The molecule has 0 saturated carbocycles. The van der Waals surface area contributed by atoms with Gasteiger partial charge in [-0.15, -0.1) is 0 Å². The summed E-state index contributed by atoms with van der Waals surface area (Å²) in [6.07, 6.45) is 0. The Balaban J connectivity index is 1.71. The van der Waals surface area contributed by atoms with Crippen LogP contribution in [0.4, 0.5) is 5.69 Å². The highest BCUT2D eigenvalue weighted by atomic mass is 16.5. The fourth-order valence-electron chi connectivity index (χ4n) is 4.28. The first-order chi connectivity index (χ1) is 14.0. The van der Waals surface area contributed by atoms with E-state index in [9.17, 15) is 5.26 Å². The molecule has 2 aromatic carbocycles. The Morgan fingerprint density at radius 2 is 1.90 bits per heavy atom. The first-order valence-electron chi connectivity index (χ1n) is 10.0. The Hall–Kier alpha value is -3.04. The molecule has 2 heterocycles. The van der Waals surface area contributed by atoms with E-state index in [-0.39, 0.29) is 5.92 Å². The van der Waals surface area contributed by atoms with Gasteiger partial charge in [0.2, 0.25) is 0 Å². The summed E-state index contributed by atoms with van der Waals surface area (Å²) in [6.45, 7) is 6.27. The third kappa shape index (κ3) is 3.66. The zero-order chi connectivity index (χ0) is 20.4. The molecule has 4 rings (SSSR count). The van der Waals surface area contributed by atoms with Crippen molar-refractivity contribution in [3.63, 3.8) is 0 Å². The largest absolute Gasteiger partial charge is 0.378 e. The van der Waals surface area contributed by atoms with Gasteiger partial charge >= 0.3 is 0 Å². The minimum atomic E-state index is -0.538. The lowest BCUT2D eigenvalue weighted by Crippen LogP contribution is -2.48. The van der Waals surface area contributed by atoms with E-state index >= 15 is 0 Å². The van der Waals surface area contributed by atoms with Gasteiger partial charge in [0.1, 0.15) is 0 Å². The highest BCUT2D eigenvalue weighted by Crippen LogP contribution is 2.43. The molecule has 2 N–H and O–H groups in total. The summed E-state index contributed by atoms with van der Waals surface area (Å²) in [4.78, 5) is 9.24. The maximum atomic E-state index is 9.34. The highest BCUT2D eigenvalue weighted by Gasteiger charge is 2.41. The van der Waals surface area contributed by atoms with Gasteiger partial charge in [0.15, 0.2) is 5.96 Å². The van der Waals surface area contributed by atoms with E-state index in [0.29, 0.717) is 11.5 Å². The molecule has 6 heteroatoms. The van der Waals surface area contributed by atoms with E-state index in [4.69, 9.17) is 15.5 Å². The van der Waals surface area contributed by atoms with E-state index in [1.165, 1.54) is 11.3 Å². The second-order valence-corrected chi connectivity index (χ2v) is 7.93. The molecule has 0 amide bonds. The number of morpholine rings is 1. The maximum Gasteiger partial charge on any atom is 0.191 e. The number of ether oxygens (including phenoxy) is 1. The van der Waals surface area contributed by atoms with Crippen LogP contribution in [-0.2, 0) is 10.3 Å². The van der Waals surface area contributed by atoms with Gasteiger partial charge in [0, 0.05) is 38.3 Å². The summed E-state index contributed by atoms with van der Waals surface area (Å²) in [5, 5.41) is 9.34. The Morgan fingerprint density at radius 1 is 1.17 bits per heavy atom. The normalized spacial score (nSPS) is 24.7. The smallest absolute Gasteiger partial charge is 0.191 e. The molecule has 0 aromatic heterocycles. The van der Waals surface area contributed by atoms with Crippen molar-refractivity contribution >= 4 is 11.6 Å². The van der Waals surface area contributed by atoms with Crippen LogP contribution in [-0.4, -0.2) is 50.8 Å². The maximum absolute atomic E-state index is 9.34. The molecular weight excluding hydrogens is 362 g/mol. The number of rotatable bonds is 3. The van der Waals surface area contributed by atoms with E-state index in [2.05, 4.69) is 42.2 Å². The van der Waals surface area contributed by atoms with E-state index in [1.54, 1.807) is 0 Å². The molecule has 1 saturated heterocycles. The van der Waals surface area contributed by atoms with Gasteiger partial charge in [-0.05, 0) is 42.3 Å². The van der Waals surface area contributed by atoms with Gasteiger partial charge in [-0.3, -0.25) is 0 Å². The average molecular weight is 390 g/mol. The van der Waals surface area contributed by atoms with Gasteiger partial charge in [0.25, 0.3) is 0 Å². The van der Waals surface area contributed by atoms with Crippen LogP contribution in [0.2, 0.25) is 0 Å². The number of nitrogens with two attached hydrogens (primary N) is 1. The summed E-state index contributed by atoms with van der Waals surface area (Å²) < 4.78 is 5.46. The Labute approximate surface area is 172 Å². The van der Waals surface area contributed by atoms with Crippen molar-refractivity contribution in [3.05, 3.63) is 65.2 Å². The molecule has 2 aliphatic heterocycles. The van der Waals surface area contributed by atoms with Crippen molar-refractivity contribution in [1.29, 1.82) is 5.26 Å². The first kappa shape index (κ1) is 19.3. The summed E-state index contributed by atoms with van der Waals surface area (Å²) in [6, 6.07) is 18.7. The SMILES string of the molecule is CN1C[C@H](c2ccc(N3CCOCC3)cc2)[C@@](C)(c2cccc(C#N)c2)N=C1N. The molecule has 0 spiro atoms. The van der Waals surface area contributed by atoms with Crippen molar-refractivity contribution in [2.75, 3.05) is 44.8 Å². The molecule has 2 atom stereocenters. The Kier molecular flexibility index (Phi) is 5.16. The van der Waals surface area contributed by atoms with Crippen LogP contribution in [0.5, 0.6) is 0 Å². The number of likely N-dealkylation sites (N-methyl/N-ethyl adjacent to an activating group) is 1. The van der Waals surface area contributed by atoms with Crippen LogP contribution >= 0.6 is 0 Å². The number of guanidine groups is 1. The van der Waals surface area contributed by atoms with Gasteiger partial charge in [-0.2, -0.15) is 5.26 Å². The standard InChI is InChI=1S/C23H27N5O/c1-23(19-5-3-4-17(14-19)15-24)21(16-27(2)22(25)26-23)18-6-8-20(9-7-18)28-10-12-29-13-11-28/h3-9,14,21H,10-13,16H2,1-2H3,(H2,25,26)/t21-,23-/m1/s1. The molecule has 2 aromatic rings. The molecule has 1 fully saturated rings. The van der Waals surface area contributed by atoms with Crippen molar-refractivity contribution < 1.29 is 4.74 Å². The van der Waals surface area contributed by atoms with Gasteiger partial charge in [-0.25, -0.2) is 4.99 Å². The van der Waals surface area contributed by atoms with Gasteiger partial charge < -0.3 is 20.3 Å². The molecule has 6 nitrogen and oxygen atoms in total. The second-order valence-electron chi connectivity index (χ2n) is 7.93. The zero-order valence-electron chi connectivity index (χ0n) is 17.0.